The number of aliphatic carboxylic acids is 1. The average molecular weight is 332 g/mol. The van der Waals surface area contributed by atoms with Gasteiger partial charge in [-0.2, -0.15) is 0 Å². The van der Waals surface area contributed by atoms with Crippen LogP contribution in [0.4, 0.5) is 0 Å². The Bertz CT molecular complexity index is 637. The Balaban J connectivity index is 1.90. The van der Waals surface area contributed by atoms with Crippen LogP contribution in [0, 0.1) is 18.3 Å². The van der Waals surface area contributed by atoms with Gasteiger partial charge in [-0.15, -0.1) is 0 Å². The molecule has 1 aromatic carbocycles. The Morgan fingerprint density at radius 2 is 1.92 bits per heavy atom. The molecule has 0 bridgehead atoms. The van der Waals surface area contributed by atoms with Gasteiger partial charge < -0.3 is 15.3 Å². The molecule has 24 heavy (non-hydrogen) atoms. The molecular weight excluding hydrogens is 308 g/mol. The van der Waals surface area contributed by atoms with Crippen molar-refractivity contribution in [1.29, 1.82) is 0 Å². The highest BCUT2D eigenvalue weighted by atomic mass is 16.4. The standard InChI is InChI=1S/C18H24N2O4/c1-12-4-6-13(7-5-12)9-20-10-14(8-15(20)21)16(22)19-11-18(2,3)17(23)24/h4-7,14H,8-11H2,1-3H3,(H,19,22)(H,23,24)/t14-/m0/s1. The fourth-order valence-corrected chi connectivity index (χ4v) is 2.54. The zero-order chi connectivity index (χ0) is 17.9. The molecule has 6 nitrogen and oxygen atoms in total. The van der Waals surface area contributed by atoms with E-state index in [1.165, 1.54) is 0 Å². The van der Waals surface area contributed by atoms with Crippen LogP contribution >= 0.6 is 0 Å². The summed E-state index contributed by atoms with van der Waals surface area (Å²) in [4.78, 5) is 37.1. The Morgan fingerprint density at radius 3 is 2.50 bits per heavy atom. The van der Waals surface area contributed by atoms with E-state index in [4.69, 9.17) is 5.11 Å². The highest BCUT2D eigenvalue weighted by Gasteiger charge is 2.35. The Labute approximate surface area is 141 Å². The van der Waals surface area contributed by atoms with Gasteiger partial charge in [0.25, 0.3) is 0 Å². The number of carbonyl (C=O) groups is 3. The SMILES string of the molecule is Cc1ccc(CN2C[C@@H](C(=O)NCC(C)(C)C(=O)O)CC2=O)cc1. The van der Waals surface area contributed by atoms with Crippen LogP contribution in [0.3, 0.4) is 0 Å². The number of amides is 2. The number of carboxylic acids is 1. The van der Waals surface area contributed by atoms with E-state index in [9.17, 15) is 14.4 Å². The van der Waals surface area contributed by atoms with Crippen LogP contribution in [0.2, 0.25) is 0 Å². The third-order valence-corrected chi connectivity index (χ3v) is 4.36. The summed E-state index contributed by atoms with van der Waals surface area (Å²) in [6, 6.07) is 7.94. The van der Waals surface area contributed by atoms with Gasteiger partial charge in [0.1, 0.15) is 0 Å². The van der Waals surface area contributed by atoms with Gasteiger partial charge in [-0.25, -0.2) is 0 Å². The molecule has 1 fully saturated rings. The quantitative estimate of drug-likeness (QED) is 0.828. The normalized spacial score (nSPS) is 17.9. The van der Waals surface area contributed by atoms with Crippen molar-refractivity contribution in [1.82, 2.24) is 10.2 Å². The predicted molar refractivity (Wildman–Crippen MR) is 89.1 cm³/mol. The summed E-state index contributed by atoms with van der Waals surface area (Å²) < 4.78 is 0. The molecule has 0 unspecified atom stereocenters. The third kappa shape index (κ3) is 4.34. The number of carbonyl (C=O) groups excluding carboxylic acids is 2. The maximum absolute atomic E-state index is 12.2. The van der Waals surface area contributed by atoms with Gasteiger partial charge in [-0.1, -0.05) is 29.8 Å². The number of nitrogens with zero attached hydrogens (tertiary/aromatic N) is 1. The largest absolute Gasteiger partial charge is 0.481 e. The highest BCUT2D eigenvalue weighted by molar-refractivity contribution is 5.89. The molecule has 0 aromatic heterocycles. The second-order valence-corrected chi connectivity index (χ2v) is 7.07. The number of benzene rings is 1. The Kier molecular flexibility index (Phi) is 5.26. The summed E-state index contributed by atoms with van der Waals surface area (Å²) in [5.41, 5.74) is 1.16. The summed E-state index contributed by atoms with van der Waals surface area (Å²) in [7, 11) is 0. The first kappa shape index (κ1) is 18.0. The average Bonchev–Trinajstić information content (AvgIpc) is 2.88. The van der Waals surface area contributed by atoms with E-state index >= 15 is 0 Å². The minimum absolute atomic E-state index is 0.0455. The minimum Gasteiger partial charge on any atom is -0.481 e. The van der Waals surface area contributed by atoms with E-state index < -0.39 is 17.3 Å². The number of carboxylic acid groups (broad SMARTS) is 1. The zero-order valence-corrected chi connectivity index (χ0v) is 14.3. The lowest BCUT2D eigenvalue weighted by Gasteiger charge is -2.21. The van der Waals surface area contributed by atoms with Gasteiger partial charge in [0.05, 0.1) is 11.3 Å². The van der Waals surface area contributed by atoms with E-state index in [1.807, 2.05) is 31.2 Å². The molecule has 1 atom stereocenters. The summed E-state index contributed by atoms with van der Waals surface area (Å²) in [6.07, 6.45) is 0.172. The van der Waals surface area contributed by atoms with Crippen molar-refractivity contribution >= 4 is 17.8 Å². The predicted octanol–water partition coefficient (Wildman–Crippen LogP) is 1.57. The van der Waals surface area contributed by atoms with Crippen molar-refractivity contribution in [3.8, 4) is 0 Å². The summed E-state index contributed by atoms with van der Waals surface area (Å²) in [5, 5.41) is 11.7. The molecule has 1 heterocycles. The molecule has 0 aliphatic carbocycles. The first-order valence-electron chi connectivity index (χ1n) is 8.03. The maximum Gasteiger partial charge on any atom is 0.310 e. The molecule has 0 saturated carbocycles. The van der Waals surface area contributed by atoms with E-state index in [2.05, 4.69) is 5.32 Å². The fourth-order valence-electron chi connectivity index (χ4n) is 2.54. The number of hydrogen-bond acceptors (Lipinski definition) is 3. The van der Waals surface area contributed by atoms with Gasteiger partial charge in [0.15, 0.2) is 0 Å². The first-order valence-corrected chi connectivity index (χ1v) is 8.03. The van der Waals surface area contributed by atoms with Crippen molar-refractivity contribution in [2.75, 3.05) is 13.1 Å². The summed E-state index contributed by atoms with van der Waals surface area (Å²) in [5.74, 6) is -1.70. The summed E-state index contributed by atoms with van der Waals surface area (Å²) in [6.45, 7) is 6.02. The molecule has 2 rings (SSSR count). The molecule has 1 aromatic rings. The molecule has 6 heteroatoms. The van der Waals surface area contributed by atoms with Gasteiger partial charge >= 0.3 is 5.97 Å². The van der Waals surface area contributed by atoms with E-state index in [0.717, 1.165) is 11.1 Å². The van der Waals surface area contributed by atoms with Crippen molar-refractivity contribution in [2.24, 2.45) is 11.3 Å². The van der Waals surface area contributed by atoms with Gasteiger partial charge in [0, 0.05) is 26.1 Å². The van der Waals surface area contributed by atoms with Crippen molar-refractivity contribution in [2.45, 2.75) is 33.7 Å². The monoisotopic (exact) mass is 332 g/mol. The highest BCUT2D eigenvalue weighted by Crippen LogP contribution is 2.21. The lowest BCUT2D eigenvalue weighted by molar-refractivity contribution is -0.147. The molecule has 1 aliphatic heterocycles. The zero-order valence-electron chi connectivity index (χ0n) is 14.3. The van der Waals surface area contributed by atoms with Crippen LogP contribution in [0.1, 0.15) is 31.4 Å². The smallest absolute Gasteiger partial charge is 0.310 e. The van der Waals surface area contributed by atoms with E-state index in [1.54, 1.807) is 18.7 Å². The van der Waals surface area contributed by atoms with Crippen molar-refractivity contribution < 1.29 is 19.5 Å². The second-order valence-electron chi connectivity index (χ2n) is 7.07. The van der Waals surface area contributed by atoms with Gasteiger partial charge in [-0.3, -0.25) is 14.4 Å². The topological polar surface area (TPSA) is 86.7 Å². The number of nitrogens with one attached hydrogen (secondary N) is 1. The van der Waals surface area contributed by atoms with E-state index in [0.29, 0.717) is 13.1 Å². The molecule has 0 spiro atoms. The molecule has 1 saturated heterocycles. The molecular formula is C18H24N2O4. The third-order valence-electron chi connectivity index (χ3n) is 4.36. The first-order chi connectivity index (χ1) is 11.2. The number of hydrogen-bond donors (Lipinski definition) is 2. The van der Waals surface area contributed by atoms with Gasteiger partial charge in [0.2, 0.25) is 11.8 Å². The van der Waals surface area contributed by atoms with Crippen LogP contribution < -0.4 is 5.32 Å². The van der Waals surface area contributed by atoms with Crippen LogP contribution in [0.5, 0.6) is 0 Å². The lowest BCUT2D eigenvalue weighted by atomic mass is 9.93. The van der Waals surface area contributed by atoms with Crippen LogP contribution in [-0.4, -0.2) is 40.9 Å². The summed E-state index contributed by atoms with van der Waals surface area (Å²) >= 11 is 0. The molecule has 2 N–H and O–H groups in total. The lowest BCUT2D eigenvalue weighted by Crippen LogP contribution is -2.41. The molecule has 1 aliphatic rings. The van der Waals surface area contributed by atoms with Gasteiger partial charge in [-0.05, 0) is 26.3 Å². The minimum atomic E-state index is -1.03. The molecule has 0 radical (unpaired) electrons. The Morgan fingerprint density at radius 1 is 1.29 bits per heavy atom. The van der Waals surface area contributed by atoms with Crippen LogP contribution in [0.25, 0.3) is 0 Å². The van der Waals surface area contributed by atoms with E-state index in [-0.39, 0.29) is 24.8 Å². The number of aryl methyl sites for hydroxylation is 1. The second kappa shape index (κ2) is 7.03. The fraction of sp³-hybridized carbons (Fsp3) is 0.500. The van der Waals surface area contributed by atoms with Crippen molar-refractivity contribution in [3.63, 3.8) is 0 Å². The molecule has 130 valence electrons. The number of likely N-dealkylation sites (tertiary alicyclic amines) is 1. The van der Waals surface area contributed by atoms with Crippen LogP contribution in [-0.2, 0) is 20.9 Å². The van der Waals surface area contributed by atoms with Crippen LogP contribution in [0.15, 0.2) is 24.3 Å². The molecule has 2 amide bonds. The van der Waals surface area contributed by atoms with Crippen molar-refractivity contribution in [3.05, 3.63) is 35.4 Å². The maximum atomic E-state index is 12.2. The number of rotatable bonds is 6. The Hall–Kier alpha value is -2.37.